The van der Waals surface area contributed by atoms with Gasteiger partial charge in [0.05, 0.1) is 6.61 Å². The SMILES string of the molecule is CCOC(C)=O.O.O=C([O-])O.[Na+]. The fraction of sp³-hybridized carbons (Fsp3) is 0.600. The van der Waals surface area contributed by atoms with Crippen molar-refractivity contribution < 1.29 is 59.6 Å². The van der Waals surface area contributed by atoms with Gasteiger partial charge in [-0.2, -0.15) is 0 Å². The van der Waals surface area contributed by atoms with Gasteiger partial charge in [0, 0.05) is 6.92 Å². The van der Waals surface area contributed by atoms with Crippen LogP contribution in [0.5, 0.6) is 0 Å². The summed E-state index contributed by atoms with van der Waals surface area (Å²) < 4.78 is 4.40. The summed E-state index contributed by atoms with van der Waals surface area (Å²) in [5, 5.41) is 15.3. The molecule has 0 aromatic carbocycles. The van der Waals surface area contributed by atoms with E-state index in [2.05, 4.69) is 4.74 Å². The molecule has 0 spiro atoms. The molecule has 6 nitrogen and oxygen atoms in total. The van der Waals surface area contributed by atoms with E-state index in [1.54, 1.807) is 6.92 Å². The van der Waals surface area contributed by atoms with E-state index in [9.17, 15) is 4.79 Å². The van der Waals surface area contributed by atoms with Crippen molar-refractivity contribution in [1.29, 1.82) is 0 Å². The van der Waals surface area contributed by atoms with E-state index in [4.69, 9.17) is 15.0 Å². The molecule has 12 heavy (non-hydrogen) atoms. The molecule has 0 aromatic rings. The zero-order valence-electron chi connectivity index (χ0n) is 7.29. The van der Waals surface area contributed by atoms with Crippen LogP contribution in [0.15, 0.2) is 0 Å². The van der Waals surface area contributed by atoms with Crippen LogP contribution in [0.3, 0.4) is 0 Å². The van der Waals surface area contributed by atoms with Crippen LogP contribution >= 0.6 is 0 Å². The molecule has 0 unspecified atom stereocenters. The fourth-order valence-electron chi connectivity index (χ4n) is 0.203. The molecule has 0 fully saturated rings. The van der Waals surface area contributed by atoms with Gasteiger partial charge in [0.2, 0.25) is 6.16 Å². The molecule has 68 valence electrons. The van der Waals surface area contributed by atoms with Gasteiger partial charge < -0.3 is 25.2 Å². The Hall–Kier alpha value is -0.300. The summed E-state index contributed by atoms with van der Waals surface area (Å²) in [6.45, 7) is 3.65. The Bertz CT molecular complexity index is 111. The number of carbonyl (C=O) groups is 2. The molecule has 0 aliphatic carbocycles. The van der Waals surface area contributed by atoms with Gasteiger partial charge in [0.15, 0.2) is 0 Å². The van der Waals surface area contributed by atoms with Gasteiger partial charge in [0.1, 0.15) is 0 Å². The number of hydrogen-bond acceptors (Lipinski definition) is 4. The van der Waals surface area contributed by atoms with Crippen molar-refractivity contribution in [1.82, 2.24) is 0 Å². The van der Waals surface area contributed by atoms with E-state index in [0.29, 0.717) is 6.61 Å². The normalized spacial score (nSPS) is 5.83. The first-order valence-corrected chi connectivity index (χ1v) is 2.54. The standard InChI is InChI=1S/C4H8O2.CH2O3.Na.H2O/c1-3-6-4(2)5;2-1(3)4;;/h3H2,1-2H3;(H2,2,3,4);;1H2/q;;+1;/p-1. The first kappa shape index (κ1) is 22.6. The minimum Gasteiger partial charge on any atom is -0.565 e. The molecular weight excluding hydrogens is 179 g/mol. The summed E-state index contributed by atoms with van der Waals surface area (Å²) >= 11 is 0. The van der Waals surface area contributed by atoms with Crippen molar-refractivity contribution in [3.8, 4) is 0 Å². The smallest absolute Gasteiger partial charge is 0.565 e. The van der Waals surface area contributed by atoms with E-state index in [0.717, 1.165) is 0 Å². The Morgan fingerprint density at radius 2 is 1.75 bits per heavy atom. The summed E-state index contributed by atoms with van der Waals surface area (Å²) in [6, 6.07) is 0. The van der Waals surface area contributed by atoms with E-state index in [1.165, 1.54) is 6.92 Å². The first-order valence-electron chi connectivity index (χ1n) is 2.54. The summed E-state index contributed by atoms with van der Waals surface area (Å²) in [5.74, 6) is -0.211. The van der Waals surface area contributed by atoms with Crippen LogP contribution in [0.1, 0.15) is 13.8 Å². The molecular formula is C5H11NaO6. The maximum Gasteiger partial charge on any atom is 1.00 e. The van der Waals surface area contributed by atoms with Crippen molar-refractivity contribution in [2.45, 2.75) is 13.8 Å². The third-order valence-electron chi connectivity index (χ3n) is 0.348. The third-order valence-corrected chi connectivity index (χ3v) is 0.348. The van der Waals surface area contributed by atoms with Gasteiger partial charge in [0.25, 0.3) is 0 Å². The number of hydrogen-bond donors (Lipinski definition) is 1. The van der Waals surface area contributed by atoms with Gasteiger partial charge in [-0.15, -0.1) is 0 Å². The van der Waals surface area contributed by atoms with Crippen LogP contribution in [0.4, 0.5) is 4.79 Å². The summed E-state index contributed by atoms with van der Waals surface area (Å²) in [5.41, 5.74) is 0. The molecule has 0 aliphatic rings. The van der Waals surface area contributed by atoms with Crippen LogP contribution in [0.25, 0.3) is 0 Å². The summed E-state index contributed by atoms with van der Waals surface area (Å²) in [4.78, 5) is 18.3. The molecule has 0 aliphatic heterocycles. The Labute approximate surface area is 92.1 Å². The van der Waals surface area contributed by atoms with E-state index < -0.39 is 6.16 Å². The molecule has 0 bridgehead atoms. The largest absolute Gasteiger partial charge is 1.00 e. The average molecular weight is 190 g/mol. The number of carboxylic acid groups (broad SMARTS) is 2. The molecule has 0 amide bonds. The average Bonchev–Trinajstić information content (AvgIpc) is 1.62. The number of rotatable bonds is 1. The summed E-state index contributed by atoms with van der Waals surface area (Å²) in [6.07, 6.45) is -2.08. The molecule has 0 saturated heterocycles. The van der Waals surface area contributed by atoms with E-state index in [1.807, 2.05) is 0 Å². The van der Waals surface area contributed by atoms with Gasteiger partial charge in [-0.1, -0.05) is 0 Å². The number of carbonyl (C=O) groups excluding carboxylic acids is 1. The third kappa shape index (κ3) is 101. The van der Waals surface area contributed by atoms with Crippen molar-refractivity contribution in [3.05, 3.63) is 0 Å². The minimum absolute atomic E-state index is 0. The Morgan fingerprint density at radius 1 is 1.50 bits per heavy atom. The zero-order chi connectivity index (χ0) is 8.57. The van der Waals surface area contributed by atoms with Gasteiger partial charge in [-0.3, -0.25) is 4.79 Å². The number of ether oxygens (including phenoxy) is 1. The van der Waals surface area contributed by atoms with Gasteiger partial charge in [-0.05, 0) is 6.92 Å². The first-order chi connectivity index (χ1) is 4.50. The summed E-state index contributed by atoms with van der Waals surface area (Å²) in [7, 11) is 0. The van der Waals surface area contributed by atoms with Crippen molar-refractivity contribution in [3.63, 3.8) is 0 Å². The Balaban J connectivity index is -0.0000000483. The Morgan fingerprint density at radius 3 is 1.75 bits per heavy atom. The predicted molar refractivity (Wildman–Crippen MR) is 33.9 cm³/mol. The molecule has 0 saturated carbocycles. The monoisotopic (exact) mass is 190 g/mol. The van der Waals surface area contributed by atoms with Gasteiger partial charge >= 0.3 is 35.5 Å². The molecule has 7 heteroatoms. The van der Waals surface area contributed by atoms with Crippen LogP contribution in [-0.2, 0) is 9.53 Å². The van der Waals surface area contributed by atoms with Crippen LogP contribution in [0, 0.1) is 0 Å². The molecule has 0 radical (unpaired) electrons. The second-order valence-electron chi connectivity index (χ2n) is 1.19. The minimum atomic E-state index is -2.08. The molecule has 0 atom stereocenters. The maximum atomic E-state index is 9.82. The fourth-order valence-corrected chi connectivity index (χ4v) is 0.203. The van der Waals surface area contributed by atoms with E-state index in [-0.39, 0.29) is 41.0 Å². The maximum absolute atomic E-state index is 9.82. The topological polar surface area (TPSA) is 118 Å². The van der Waals surface area contributed by atoms with Crippen LogP contribution < -0.4 is 34.7 Å². The molecule has 0 rings (SSSR count). The van der Waals surface area contributed by atoms with Crippen molar-refractivity contribution in [2.24, 2.45) is 0 Å². The van der Waals surface area contributed by atoms with E-state index >= 15 is 0 Å². The van der Waals surface area contributed by atoms with Crippen molar-refractivity contribution >= 4 is 12.1 Å². The number of esters is 1. The Kier molecular flexibility index (Phi) is 32.0. The van der Waals surface area contributed by atoms with Gasteiger partial charge in [-0.25, -0.2) is 0 Å². The van der Waals surface area contributed by atoms with Crippen LogP contribution in [0.2, 0.25) is 0 Å². The van der Waals surface area contributed by atoms with Crippen molar-refractivity contribution in [2.75, 3.05) is 6.61 Å². The quantitative estimate of drug-likeness (QED) is 0.331. The second kappa shape index (κ2) is 17.0. The predicted octanol–water partition coefficient (Wildman–Crippen LogP) is -4.36. The molecule has 0 aromatic heterocycles. The molecule has 0 heterocycles. The zero-order valence-corrected chi connectivity index (χ0v) is 9.29. The second-order valence-corrected chi connectivity index (χ2v) is 1.19. The molecule has 3 N–H and O–H groups in total. The van der Waals surface area contributed by atoms with Crippen LogP contribution in [-0.4, -0.2) is 29.3 Å².